The molecule has 0 saturated carbocycles. The summed E-state index contributed by atoms with van der Waals surface area (Å²) in [6.45, 7) is 13.5. The Bertz CT molecular complexity index is 166. The molecular formula is C14H29N. The van der Waals surface area contributed by atoms with Crippen LogP contribution in [0.2, 0.25) is 0 Å². The summed E-state index contributed by atoms with van der Waals surface area (Å²) < 4.78 is 0. The second-order valence-electron chi connectivity index (χ2n) is 5.86. The third kappa shape index (κ3) is 3.79. The van der Waals surface area contributed by atoms with E-state index in [0.717, 1.165) is 5.92 Å². The summed E-state index contributed by atoms with van der Waals surface area (Å²) in [7, 11) is 0. The molecule has 0 aromatic rings. The van der Waals surface area contributed by atoms with Gasteiger partial charge in [0.25, 0.3) is 0 Å². The van der Waals surface area contributed by atoms with E-state index in [9.17, 15) is 0 Å². The van der Waals surface area contributed by atoms with Crippen molar-refractivity contribution in [2.45, 2.75) is 59.8 Å². The van der Waals surface area contributed by atoms with Crippen molar-refractivity contribution in [2.75, 3.05) is 19.6 Å². The van der Waals surface area contributed by atoms with E-state index in [0.29, 0.717) is 5.41 Å². The lowest BCUT2D eigenvalue weighted by atomic mass is 9.72. The summed E-state index contributed by atoms with van der Waals surface area (Å²) in [4.78, 5) is 2.67. The summed E-state index contributed by atoms with van der Waals surface area (Å²) in [5.41, 5.74) is 0.612. The molecule has 0 atom stereocenters. The fourth-order valence-corrected chi connectivity index (χ4v) is 2.45. The van der Waals surface area contributed by atoms with Gasteiger partial charge in [0.05, 0.1) is 0 Å². The quantitative estimate of drug-likeness (QED) is 0.623. The van der Waals surface area contributed by atoms with Crippen molar-refractivity contribution >= 4 is 0 Å². The lowest BCUT2D eigenvalue weighted by Crippen LogP contribution is -2.41. The topological polar surface area (TPSA) is 3.24 Å². The van der Waals surface area contributed by atoms with Crippen LogP contribution in [0.1, 0.15) is 59.8 Å². The van der Waals surface area contributed by atoms with E-state index in [1.807, 2.05) is 0 Å². The Morgan fingerprint density at radius 2 is 1.73 bits per heavy atom. The zero-order valence-electron chi connectivity index (χ0n) is 11.2. The number of piperidine rings is 1. The Labute approximate surface area is 96.2 Å². The number of hydrogen-bond donors (Lipinski definition) is 0. The highest BCUT2D eigenvalue weighted by Gasteiger charge is 2.32. The van der Waals surface area contributed by atoms with Gasteiger partial charge in [-0.05, 0) is 50.2 Å². The first-order valence-corrected chi connectivity index (χ1v) is 6.81. The maximum absolute atomic E-state index is 2.67. The van der Waals surface area contributed by atoms with Crippen molar-refractivity contribution in [3.8, 4) is 0 Å². The summed E-state index contributed by atoms with van der Waals surface area (Å²) in [6.07, 6.45) is 6.94. The predicted octanol–water partition coefficient (Wildman–Crippen LogP) is 3.93. The van der Waals surface area contributed by atoms with Crippen LogP contribution in [0.4, 0.5) is 0 Å². The zero-order chi connectivity index (χ0) is 11.3. The Hall–Kier alpha value is -0.0400. The molecule has 90 valence electrons. The zero-order valence-corrected chi connectivity index (χ0v) is 11.2. The number of unbranched alkanes of at least 4 members (excludes halogenated alkanes) is 2. The Morgan fingerprint density at radius 3 is 2.20 bits per heavy atom. The molecule has 0 aliphatic carbocycles. The van der Waals surface area contributed by atoms with Crippen LogP contribution in [-0.2, 0) is 0 Å². The number of likely N-dealkylation sites (tertiary alicyclic amines) is 1. The lowest BCUT2D eigenvalue weighted by molar-refractivity contribution is 0.0774. The number of rotatable bonds is 5. The van der Waals surface area contributed by atoms with Gasteiger partial charge in [-0.15, -0.1) is 0 Å². The van der Waals surface area contributed by atoms with Gasteiger partial charge in [-0.1, -0.05) is 40.5 Å². The van der Waals surface area contributed by atoms with Gasteiger partial charge in [0.1, 0.15) is 0 Å². The molecule has 0 amide bonds. The molecule has 0 aromatic heterocycles. The second-order valence-corrected chi connectivity index (χ2v) is 5.86. The van der Waals surface area contributed by atoms with Gasteiger partial charge in [0.2, 0.25) is 0 Å². The molecule has 1 heteroatoms. The molecule has 0 bridgehead atoms. The summed E-state index contributed by atoms with van der Waals surface area (Å²) >= 11 is 0. The third-order valence-corrected chi connectivity index (χ3v) is 4.47. The van der Waals surface area contributed by atoms with E-state index < -0.39 is 0 Å². The average Bonchev–Trinajstić information content (AvgIpc) is 2.21. The standard InChI is InChI=1S/C14H29N/c1-5-6-7-10-15-11-8-14(4,9-12-15)13(2)3/h13H,5-12H2,1-4H3. The number of hydrogen-bond acceptors (Lipinski definition) is 1. The van der Waals surface area contributed by atoms with E-state index in [1.54, 1.807) is 0 Å². The minimum absolute atomic E-state index is 0.612. The highest BCUT2D eigenvalue weighted by molar-refractivity contribution is 4.84. The molecule has 1 saturated heterocycles. The van der Waals surface area contributed by atoms with Crippen LogP contribution in [0.5, 0.6) is 0 Å². The predicted molar refractivity (Wildman–Crippen MR) is 68.1 cm³/mol. The molecule has 1 heterocycles. The second kappa shape index (κ2) is 5.89. The van der Waals surface area contributed by atoms with Gasteiger partial charge in [-0.2, -0.15) is 0 Å². The Kier molecular flexibility index (Phi) is 5.11. The fraction of sp³-hybridized carbons (Fsp3) is 1.00. The average molecular weight is 211 g/mol. The van der Waals surface area contributed by atoms with E-state index >= 15 is 0 Å². The molecule has 1 fully saturated rings. The van der Waals surface area contributed by atoms with Crippen LogP contribution in [0.3, 0.4) is 0 Å². The lowest BCUT2D eigenvalue weighted by Gasteiger charge is -2.42. The van der Waals surface area contributed by atoms with Crippen molar-refractivity contribution in [1.29, 1.82) is 0 Å². The van der Waals surface area contributed by atoms with Crippen molar-refractivity contribution in [3.63, 3.8) is 0 Å². The highest BCUT2D eigenvalue weighted by atomic mass is 15.1. The highest BCUT2D eigenvalue weighted by Crippen LogP contribution is 2.37. The third-order valence-electron chi connectivity index (χ3n) is 4.47. The Balaban J connectivity index is 2.23. The smallest absolute Gasteiger partial charge is 0.00134 e. The first kappa shape index (κ1) is 13.0. The van der Waals surface area contributed by atoms with Crippen LogP contribution >= 0.6 is 0 Å². The first-order chi connectivity index (χ1) is 7.08. The fourth-order valence-electron chi connectivity index (χ4n) is 2.45. The maximum Gasteiger partial charge on any atom is -0.00134 e. The molecule has 0 radical (unpaired) electrons. The van der Waals surface area contributed by atoms with Crippen LogP contribution < -0.4 is 0 Å². The van der Waals surface area contributed by atoms with Crippen LogP contribution in [-0.4, -0.2) is 24.5 Å². The van der Waals surface area contributed by atoms with E-state index in [2.05, 4.69) is 32.6 Å². The molecule has 1 aliphatic rings. The van der Waals surface area contributed by atoms with Gasteiger partial charge >= 0.3 is 0 Å². The van der Waals surface area contributed by atoms with Crippen molar-refractivity contribution in [2.24, 2.45) is 11.3 Å². The summed E-state index contributed by atoms with van der Waals surface area (Å²) in [5.74, 6) is 0.843. The largest absolute Gasteiger partial charge is 0.303 e. The monoisotopic (exact) mass is 211 g/mol. The van der Waals surface area contributed by atoms with E-state index in [1.165, 1.54) is 51.7 Å². The van der Waals surface area contributed by atoms with Crippen LogP contribution in [0, 0.1) is 11.3 Å². The summed E-state index contributed by atoms with van der Waals surface area (Å²) in [5, 5.41) is 0. The molecule has 1 nitrogen and oxygen atoms in total. The van der Waals surface area contributed by atoms with Gasteiger partial charge in [0, 0.05) is 0 Å². The molecule has 0 aromatic carbocycles. The minimum Gasteiger partial charge on any atom is -0.303 e. The molecule has 1 aliphatic heterocycles. The molecule has 1 rings (SSSR count). The van der Waals surface area contributed by atoms with Crippen molar-refractivity contribution in [1.82, 2.24) is 4.90 Å². The molecule has 15 heavy (non-hydrogen) atoms. The molecule has 0 spiro atoms. The van der Waals surface area contributed by atoms with Crippen LogP contribution in [0.15, 0.2) is 0 Å². The van der Waals surface area contributed by atoms with E-state index in [-0.39, 0.29) is 0 Å². The normalized spacial score (nSPS) is 22.2. The summed E-state index contributed by atoms with van der Waals surface area (Å²) in [6, 6.07) is 0. The van der Waals surface area contributed by atoms with Crippen LogP contribution in [0.25, 0.3) is 0 Å². The molecular weight excluding hydrogens is 182 g/mol. The molecule has 0 N–H and O–H groups in total. The van der Waals surface area contributed by atoms with Gasteiger partial charge in [0.15, 0.2) is 0 Å². The first-order valence-electron chi connectivity index (χ1n) is 6.81. The van der Waals surface area contributed by atoms with E-state index in [4.69, 9.17) is 0 Å². The maximum atomic E-state index is 2.67. The van der Waals surface area contributed by atoms with Gasteiger partial charge in [-0.3, -0.25) is 0 Å². The Morgan fingerprint density at radius 1 is 1.13 bits per heavy atom. The number of nitrogens with zero attached hydrogens (tertiary/aromatic N) is 1. The minimum atomic E-state index is 0.612. The van der Waals surface area contributed by atoms with Gasteiger partial charge in [-0.25, -0.2) is 0 Å². The SMILES string of the molecule is CCCCCN1CCC(C)(C(C)C)CC1. The van der Waals surface area contributed by atoms with Crippen molar-refractivity contribution in [3.05, 3.63) is 0 Å². The molecule has 0 unspecified atom stereocenters. The van der Waals surface area contributed by atoms with Gasteiger partial charge < -0.3 is 4.90 Å². The van der Waals surface area contributed by atoms with Crippen molar-refractivity contribution < 1.29 is 0 Å².